The fourth-order valence-corrected chi connectivity index (χ4v) is 2.48. The third-order valence-corrected chi connectivity index (χ3v) is 3.82. The van der Waals surface area contributed by atoms with Gasteiger partial charge >= 0.3 is 0 Å². The zero-order valence-electron chi connectivity index (χ0n) is 11.0. The van der Waals surface area contributed by atoms with Gasteiger partial charge in [-0.25, -0.2) is 8.42 Å². The molecule has 1 aromatic rings. The number of benzene rings is 1. The van der Waals surface area contributed by atoms with Crippen molar-refractivity contribution in [3.05, 3.63) is 29.8 Å². The first-order valence-corrected chi connectivity index (χ1v) is 8.62. The summed E-state index contributed by atoms with van der Waals surface area (Å²) >= 11 is 0. The lowest BCUT2D eigenvalue weighted by atomic mass is 10.2. The number of hydrogen-bond donors (Lipinski definition) is 0. The average Bonchev–Trinajstić information content (AvgIpc) is 2.36. The van der Waals surface area contributed by atoms with Gasteiger partial charge in [0.1, 0.15) is 5.75 Å². The number of unbranched alkanes of at least 4 members (excludes halogenated alkanes) is 2. The Morgan fingerprint density at radius 2 is 2.00 bits per heavy atom. The van der Waals surface area contributed by atoms with Crippen LogP contribution in [-0.2, 0) is 20.4 Å². The zero-order valence-corrected chi connectivity index (χ0v) is 12.5. The Bertz CT molecular complexity index is 473. The minimum atomic E-state index is -3.35. The van der Waals surface area contributed by atoms with Gasteiger partial charge in [0, 0.05) is 17.3 Å². The van der Waals surface area contributed by atoms with Gasteiger partial charge in [-0.05, 0) is 30.5 Å². The highest BCUT2D eigenvalue weighted by atomic mass is 35.7. The van der Waals surface area contributed by atoms with Crippen LogP contribution in [0.2, 0.25) is 0 Å². The molecule has 0 fully saturated rings. The first-order chi connectivity index (χ1) is 9.01. The van der Waals surface area contributed by atoms with Gasteiger partial charge in [-0.1, -0.05) is 18.6 Å². The predicted octanol–water partition coefficient (Wildman–Crippen LogP) is 2.95. The lowest BCUT2D eigenvalue weighted by Crippen LogP contribution is -1.99. The predicted molar refractivity (Wildman–Crippen MR) is 76.1 cm³/mol. The topological polar surface area (TPSA) is 52.6 Å². The summed E-state index contributed by atoms with van der Waals surface area (Å²) in [7, 11) is 3.39. The number of halogens is 1. The van der Waals surface area contributed by atoms with Crippen molar-refractivity contribution in [3.8, 4) is 5.75 Å². The molecule has 4 nitrogen and oxygen atoms in total. The van der Waals surface area contributed by atoms with Gasteiger partial charge in [0.05, 0.1) is 19.5 Å². The van der Waals surface area contributed by atoms with Gasteiger partial charge in [0.25, 0.3) is 0 Å². The molecule has 0 atom stereocenters. The van der Waals surface area contributed by atoms with E-state index in [1.165, 1.54) is 0 Å². The molecule has 0 aliphatic carbocycles. The molecule has 0 spiro atoms. The first kappa shape index (κ1) is 16.3. The average molecular weight is 307 g/mol. The largest absolute Gasteiger partial charge is 0.497 e. The number of methoxy groups -OCH3 is 1. The Balaban J connectivity index is 2.10. The van der Waals surface area contributed by atoms with E-state index >= 15 is 0 Å². The van der Waals surface area contributed by atoms with Crippen LogP contribution in [-0.4, -0.2) is 27.9 Å². The molecule has 0 amide bonds. The van der Waals surface area contributed by atoms with Gasteiger partial charge in [-0.2, -0.15) is 0 Å². The second-order valence-corrected chi connectivity index (χ2v) is 7.10. The van der Waals surface area contributed by atoms with Crippen LogP contribution in [0, 0.1) is 0 Å². The molecule has 0 N–H and O–H groups in total. The molecular weight excluding hydrogens is 288 g/mol. The Morgan fingerprint density at radius 3 is 2.68 bits per heavy atom. The molecule has 108 valence electrons. The summed E-state index contributed by atoms with van der Waals surface area (Å²) in [6.07, 6.45) is 2.20. The summed E-state index contributed by atoms with van der Waals surface area (Å²) in [5.74, 6) is 0.846. The van der Waals surface area contributed by atoms with E-state index in [0.29, 0.717) is 19.6 Å². The Labute approximate surface area is 119 Å². The molecule has 0 saturated heterocycles. The summed E-state index contributed by atoms with van der Waals surface area (Å²) in [5.41, 5.74) is 1.06. The molecule has 1 rings (SSSR count). The fourth-order valence-electron chi connectivity index (χ4n) is 1.61. The maximum Gasteiger partial charge on any atom is 0.232 e. The van der Waals surface area contributed by atoms with Crippen LogP contribution < -0.4 is 4.74 Å². The molecular formula is C13H19ClO4S. The zero-order chi connectivity index (χ0) is 14.1. The normalized spacial score (nSPS) is 11.5. The van der Waals surface area contributed by atoms with Crippen LogP contribution in [0.15, 0.2) is 24.3 Å². The van der Waals surface area contributed by atoms with Crippen molar-refractivity contribution >= 4 is 19.7 Å². The van der Waals surface area contributed by atoms with Crippen molar-refractivity contribution in [2.24, 2.45) is 0 Å². The monoisotopic (exact) mass is 306 g/mol. The van der Waals surface area contributed by atoms with E-state index in [1.807, 2.05) is 24.3 Å². The fraction of sp³-hybridized carbons (Fsp3) is 0.538. The van der Waals surface area contributed by atoms with Crippen molar-refractivity contribution in [1.29, 1.82) is 0 Å². The van der Waals surface area contributed by atoms with Gasteiger partial charge in [0.15, 0.2) is 0 Å². The molecule has 0 bridgehead atoms. The summed E-state index contributed by atoms with van der Waals surface area (Å²) in [5, 5.41) is 0. The summed E-state index contributed by atoms with van der Waals surface area (Å²) in [6, 6.07) is 7.71. The first-order valence-electron chi connectivity index (χ1n) is 6.14. The van der Waals surface area contributed by atoms with Crippen molar-refractivity contribution in [2.45, 2.75) is 25.9 Å². The van der Waals surface area contributed by atoms with E-state index < -0.39 is 9.05 Å². The van der Waals surface area contributed by atoms with Crippen LogP contribution in [0.4, 0.5) is 0 Å². The van der Waals surface area contributed by atoms with Gasteiger partial charge in [-0.15, -0.1) is 0 Å². The highest BCUT2D eigenvalue weighted by Gasteiger charge is 2.03. The molecule has 19 heavy (non-hydrogen) atoms. The third-order valence-electron chi connectivity index (χ3n) is 2.58. The van der Waals surface area contributed by atoms with Gasteiger partial charge < -0.3 is 9.47 Å². The van der Waals surface area contributed by atoms with E-state index in [-0.39, 0.29) is 5.75 Å². The molecule has 0 heterocycles. The van der Waals surface area contributed by atoms with E-state index in [2.05, 4.69) is 0 Å². The molecule has 0 aliphatic rings. The van der Waals surface area contributed by atoms with E-state index in [4.69, 9.17) is 20.2 Å². The summed E-state index contributed by atoms with van der Waals surface area (Å²) in [6.45, 7) is 1.14. The SMILES string of the molecule is COc1cccc(COCCCCCS(=O)(=O)Cl)c1. The Hall–Kier alpha value is -0.780. The van der Waals surface area contributed by atoms with Crippen LogP contribution in [0.5, 0.6) is 5.75 Å². The van der Waals surface area contributed by atoms with E-state index in [1.54, 1.807) is 7.11 Å². The molecule has 0 aliphatic heterocycles. The molecule has 0 unspecified atom stereocenters. The smallest absolute Gasteiger partial charge is 0.232 e. The minimum Gasteiger partial charge on any atom is -0.497 e. The molecule has 0 radical (unpaired) electrons. The highest BCUT2D eigenvalue weighted by Crippen LogP contribution is 2.13. The van der Waals surface area contributed by atoms with Crippen molar-refractivity contribution in [1.82, 2.24) is 0 Å². The molecule has 6 heteroatoms. The van der Waals surface area contributed by atoms with E-state index in [0.717, 1.165) is 24.2 Å². The quantitative estimate of drug-likeness (QED) is 0.520. The van der Waals surface area contributed by atoms with E-state index in [9.17, 15) is 8.42 Å². The lowest BCUT2D eigenvalue weighted by molar-refractivity contribution is 0.117. The van der Waals surface area contributed by atoms with Crippen LogP contribution in [0.25, 0.3) is 0 Å². The minimum absolute atomic E-state index is 0.0322. The van der Waals surface area contributed by atoms with Crippen molar-refractivity contribution in [3.63, 3.8) is 0 Å². The summed E-state index contributed by atoms with van der Waals surface area (Å²) < 4.78 is 32.0. The number of hydrogen-bond acceptors (Lipinski definition) is 4. The second-order valence-electron chi connectivity index (χ2n) is 4.21. The maximum absolute atomic E-state index is 10.7. The maximum atomic E-state index is 10.7. The highest BCUT2D eigenvalue weighted by molar-refractivity contribution is 8.13. The number of rotatable bonds is 9. The standard InChI is InChI=1S/C13H19ClO4S/c1-17-13-7-5-6-12(10-13)11-18-8-3-2-4-9-19(14,15)16/h5-7,10H,2-4,8-9,11H2,1H3. The van der Waals surface area contributed by atoms with Crippen LogP contribution in [0.1, 0.15) is 24.8 Å². The van der Waals surface area contributed by atoms with Crippen LogP contribution in [0.3, 0.4) is 0 Å². The number of ether oxygens (including phenoxy) is 2. The Kier molecular flexibility index (Phi) is 7.20. The van der Waals surface area contributed by atoms with Crippen molar-refractivity contribution in [2.75, 3.05) is 19.5 Å². The molecule has 1 aromatic carbocycles. The second kappa shape index (κ2) is 8.40. The van der Waals surface area contributed by atoms with Gasteiger partial charge in [0.2, 0.25) is 9.05 Å². The molecule has 0 aromatic heterocycles. The third kappa shape index (κ3) is 8.08. The Morgan fingerprint density at radius 1 is 1.21 bits per heavy atom. The van der Waals surface area contributed by atoms with Crippen LogP contribution >= 0.6 is 10.7 Å². The van der Waals surface area contributed by atoms with Crippen molar-refractivity contribution < 1.29 is 17.9 Å². The molecule has 0 saturated carbocycles. The lowest BCUT2D eigenvalue weighted by Gasteiger charge is -2.06. The summed E-state index contributed by atoms with van der Waals surface area (Å²) in [4.78, 5) is 0. The van der Waals surface area contributed by atoms with Gasteiger partial charge in [-0.3, -0.25) is 0 Å².